The third-order valence-electron chi connectivity index (χ3n) is 3.33. The lowest BCUT2D eigenvalue weighted by atomic mass is 10.2. The molecule has 2 aromatic carbocycles. The zero-order chi connectivity index (χ0) is 15.3. The van der Waals surface area contributed by atoms with Crippen LogP contribution in [0.15, 0.2) is 42.5 Å². The van der Waals surface area contributed by atoms with Crippen LogP contribution in [0.25, 0.3) is 26.6 Å². The van der Waals surface area contributed by atoms with E-state index in [4.69, 9.17) is 11.6 Å². The van der Waals surface area contributed by atoms with Gasteiger partial charge in [-0.05, 0) is 30.3 Å². The Labute approximate surface area is 132 Å². The Kier molecular flexibility index (Phi) is 2.85. The summed E-state index contributed by atoms with van der Waals surface area (Å²) in [6.45, 7) is 0. The van der Waals surface area contributed by atoms with Gasteiger partial charge < -0.3 is 0 Å². The maximum absolute atomic E-state index is 10.7. The van der Waals surface area contributed by atoms with Crippen LogP contribution >= 0.6 is 22.9 Å². The SMILES string of the molecule is O=[N+]([O-])c1ccc(-c2nnc3sc4cc(Cl)ccc4n23)cc1. The summed E-state index contributed by atoms with van der Waals surface area (Å²) in [5, 5.41) is 19.8. The Hall–Kier alpha value is -2.51. The van der Waals surface area contributed by atoms with E-state index in [1.54, 1.807) is 12.1 Å². The molecule has 0 atom stereocenters. The largest absolute Gasteiger partial charge is 0.269 e. The van der Waals surface area contributed by atoms with Gasteiger partial charge in [0.1, 0.15) is 0 Å². The van der Waals surface area contributed by atoms with E-state index in [0.717, 1.165) is 20.7 Å². The van der Waals surface area contributed by atoms with Crippen molar-refractivity contribution in [3.63, 3.8) is 0 Å². The van der Waals surface area contributed by atoms with Crippen molar-refractivity contribution in [2.45, 2.75) is 0 Å². The number of thiazole rings is 1. The normalized spacial score (nSPS) is 11.3. The summed E-state index contributed by atoms with van der Waals surface area (Å²) in [6.07, 6.45) is 0. The molecule has 2 aromatic heterocycles. The molecule has 0 amide bonds. The van der Waals surface area contributed by atoms with Gasteiger partial charge in [0.2, 0.25) is 4.96 Å². The van der Waals surface area contributed by atoms with E-state index in [0.29, 0.717) is 10.8 Å². The van der Waals surface area contributed by atoms with Gasteiger partial charge in [-0.2, -0.15) is 0 Å². The maximum atomic E-state index is 10.7. The fraction of sp³-hybridized carbons (Fsp3) is 0. The number of non-ortho nitro benzene ring substituents is 1. The molecule has 0 N–H and O–H groups in total. The fourth-order valence-electron chi connectivity index (χ4n) is 2.33. The van der Waals surface area contributed by atoms with Crippen molar-refractivity contribution in [2.24, 2.45) is 0 Å². The molecule has 0 unspecified atom stereocenters. The summed E-state index contributed by atoms with van der Waals surface area (Å²) < 4.78 is 2.94. The molecular formula is C14H7ClN4O2S. The standard InChI is InChI=1S/C14H7ClN4O2S/c15-9-3-6-11-12(7-9)22-14-17-16-13(18(11)14)8-1-4-10(5-2-8)19(20)21/h1-7H. The van der Waals surface area contributed by atoms with Gasteiger partial charge in [0, 0.05) is 22.7 Å². The van der Waals surface area contributed by atoms with Crippen LogP contribution in [0.3, 0.4) is 0 Å². The number of nitro benzene ring substituents is 1. The van der Waals surface area contributed by atoms with Crippen molar-refractivity contribution in [3.8, 4) is 11.4 Å². The van der Waals surface area contributed by atoms with E-state index < -0.39 is 4.92 Å². The summed E-state index contributed by atoms with van der Waals surface area (Å²) in [7, 11) is 0. The molecule has 0 saturated carbocycles. The minimum atomic E-state index is -0.425. The number of halogens is 1. The maximum Gasteiger partial charge on any atom is 0.269 e. The lowest BCUT2D eigenvalue weighted by Gasteiger charge is -1.99. The summed E-state index contributed by atoms with van der Waals surface area (Å²) in [4.78, 5) is 11.1. The van der Waals surface area contributed by atoms with Gasteiger partial charge in [0.15, 0.2) is 5.82 Å². The molecule has 2 heterocycles. The van der Waals surface area contributed by atoms with E-state index in [1.807, 2.05) is 22.6 Å². The van der Waals surface area contributed by atoms with Crippen LogP contribution < -0.4 is 0 Å². The molecule has 108 valence electrons. The molecule has 4 aromatic rings. The van der Waals surface area contributed by atoms with Gasteiger partial charge >= 0.3 is 0 Å². The van der Waals surface area contributed by atoms with E-state index in [9.17, 15) is 10.1 Å². The Morgan fingerprint density at radius 3 is 2.64 bits per heavy atom. The van der Waals surface area contributed by atoms with Crippen LogP contribution in [0, 0.1) is 10.1 Å². The number of rotatable bonds is 2. The molecule has 0 spiro atoms. The molecule has 0 saturated heterocycles. The number of hydrogen-bond donors (Lipinski definition) is 0. The molecular weight excluding hydrogens is 324 g/mol. The van der Waals surface area contributed by atoms with Gasteiger partial charge in [-0.3, -0.25) is 14.5 Å². The van der Waals surface area contributed by atoms with Crippen molar-refractivity contribution in [1.82, 2.24) is 14.6 Å². The molecule has 0 aliphatic carbocycles. The van der Waals surface area contributed by atoms with E-state index in [2.05, 4.69) is 10.2 Å². The highest BCUT2D eigenvalue weighted by atomic mass is 35.5. The molecule has 0 fully saturated rings. The van der Waals surface area contributed by atoms with Crippen LogP contribution in [-0.2, 0) is 0 Å². The van der Waals surface area contributed by atoms with E-state index in [-0.39, 0.29) is 5.69 Å². The number of benzene rings is 2. The topological polar surface area (TPSA) is 73.3 Å². The van der Waals surface area contributed by atoms with Crippen molar-refractivity contribution in [1.29, 1.82) is 0 Å². The molecule has 22 heavy (non-hydrogen) atoms. The second-order valence-electron chi connectivity index (χ2n) is 4.66. The second kappa shape index (κ2) is 4.75. The van der Waals surface area contributed by atoms with Gasteiger partial charge in [0.25, 0.3) is 5.69 Å². The predicted octanol–water partition coefficient (Wildman–Crippen LogP) is 4.17. The predicted molar refractivity (Wildman–Crippen MR) is 85.5 cm³/mol. The monoisotopic (exact) mass is 330 g/mol. The smallest absolute Gasteiger partial charge is 0.265 e. The lowest BCUT2D eigenvalue weighted by molar-refractivity contribution is -0.384. The quantitative estimate of drug-likeness (QED) is 0.408. The summed E-state index contributed by atoms with van der Waals surface area (Å²) in [5.74, 6) is 0.651. The van der Waals surface area contributed by atoms with Gasteiger partial charge in [-0.1, -0.05) is 22.9 Å². The first-order valence-electron chi connectivity index (χ1n) is 6.31. The minimum Gasteiger partial charge on any atom is -0.265 e. The van der Waals surface area contributed by atoms with Crippen molar-refractivity contribution >= 4 is 43.8 Å². The molecule has 0 aliphatic heterocycles. The van der Waals surface area contributed by atoms with E-state index >= 15 is 0 Å². The zero-order valence-electron chi connectivity index (χ0n) is 10.9. The molecule has 0 radical (unpaired) electrons. The number of nitrogens with zero attached hydrogens (tertiary/aromatic N) is 4. The second-order valence-corrected chi connectivity index (χ2v) is 6.11. The highest BCUT2D eigenvalue weighted by Crippen LogP contribution is 2.32. The number of fused-ring (bicyclic) bond motifs is 3. The van der Waals surface area contributed by atoms with Gasteiger partial charge in [-0.15, -0.1) is 10.2 Å². The molecule has 8 heteroatoms. The van der Waals surface area contributed by atoms with Crippen LogP contribution in [-0.4, -0.2) is 19.5 Å². The highest BCUT2D eigenvalue weighted by molar-refractivity contribution is 7.23. The number of aromatic nitrogens is 3. The number of hydrogen-bond acceptors (Lipinski definition) is 5. The molecule has 0 bridgehead atoms. The summed E-state index contributed by atoms with van der Waals surface area (Å²) >= 11 is 7.51. The first kappa shape index (κ1) is 13.2. The Morgan fingerprint density at radius 2 is 1.91 bits per heavy atom. The third-order valence-corrected chi connectivity index (χ3v) is 4.56. The van der Waals surface area contributed by atoms with Crippen LogP contribution in [0.4, 0.5) is 5.69 Å². The van der Waals surface area contributed by atoms with Crippen molar-refractivity contribution in [3.05, 3.63) is 57.6 Å². The lowest BCUT2D eigenvalue weighted by Crippen LogP contribution is -1.90. The van der Waals surface area contributed by atoms with Crippen LogP contribution in [0.2, 0.25) is 5.02 Å². The number of nitro groups is 1. The highest BCUT2D eigenvalue weighted by Gasteiger charge is 2.15. The third kappa shape index (κ3) is 1.94. The Bertz CT molecular complexity index is 1020. The Balaban J connectivity index is 1.94. The summed E-state index contributed by atoms with van der Waals surface area (Å²) in [5.41, 5.74) is 1.78. The molecule has 4 rings (SSSR count). The molecule has 6 nitrogen and oxygen atoms in total. The average Bonchev–Trinajstić information content (AvgIpc) is 3.05. The van der Waals surface area contributed by atoms with Crippen molar-refractivity contribution < 1.29 is 4.92 Å². The van der Waals surface area contributed by atoms with Gasteiger partial charge in [-0.25, -0.2) is 0 Å². The zero-order valence-corrected chi connectivity index (χ0v) is 12.5. The fourth-order valence-corrected chi connectivity index (χ4v) is 3.57. The summed E-state index contributed by atoms with van der Waals surface area (Å²) in [6, 6.07) is 11.9. The minimum absolute atomic E-state index is 0.0477. The Morgan fingerprint density at radius 1 is 1.14 bits per heavy atom. The van der Waals surface area contributed by atoms with Gasteiger partial charge in [0.05, 0.1) is 15.1 Å². The first-order valence-corrected chi connectivity index (χ1v) is 7.51. The first-order chi connectivity index (χ1) is 10.6. The van der Waals surface area contributed by atoms with Crippen molar-refractivity contribution in [2.75, 3.05) is 0 Å². The van der Waals surface area contributed by atoms with Crippen LogP contribution in [0.5, 0.6) is 0 Å². The van der Waals surface area contributed by atoms with E-state index in [1.165, 1.54) is 23.5 Å². The molecule has 0 aliphatic rings. The van der Waals surface area contributed by atoms with Crippen LogP contribution in [0.1, 0.15) is 0 Å². The average molecular weight is 331 g/mol.